The number of hydrogen-bond donors (Lipinski definition) is 1. The number of fused-ring (bicyclic) bond motifs is 2. The second kappa shape index (κ2) is 7.90. The molecule has 10 heteroatoms. The summed E-state index contributed by atoms with van der Waals surface area (Å²) in [6.45, 7) is 3.44. The number of benzene rings is 2. The van der Waals surface area contributed by atoms with Gasteiger partial charge in [-0.25, -0.2) is 9.78 Å². The summed E-state index contributed by atoms with van der Waals surface area (Å²) < 4.78 is 50.6. The maximum absolute atomic E-state index is 13.2. The van der Waals surface area contributed by atoms with Crippen molar-refractivity contribution in [1.29, 1.82) is 0 Å². The number of piperazine rings is 1. The van der Waals surface area contributed by atoms with E-state index in [1.54, 1.807) is 6.07 Å². The first-order valence-electron chi connectivity index (χ1n) is 9.41. The topological polar surface area (TPSA) is 71.5 Å². The highest BCUT2D eigenvalue weighted by atomic mass is 35.5. The van der Waals surface area contributed by atoms with Crippen molar-refractivity contribution < 1.29 is 22.0 Å². The third-order valence-electron chi connectivity index (χ3n) is 5.16. The molecular formula is C21H17ClF3N3O3. The highest BCUT2D eigenvalue weighted by Gasteiger charge is 2.34. The summed E-state index contributed by atoms with van der Waals surface area (Å²) in [6, 6.07) is 10.6. The molecule has 0 spiro atoms. The molecule has 2 aromatic carbocycles. The fourth-order valence-electron chi connectivity index (χ4n) is 3.66. The molecule has 162 valence electrons. The minimum atomic E-state index is -4.58. The van der Waals surface area contributed by atoms with Crippen molar-refractivity contribution in [2.24, 2.45) is 0 Å². The lowest BCUT2D eigenvalue weighted by atomic mass is 10.1. The summed E-state index contributed by atoms with van der Waals surface area (Å²) in [4.78, 5) is 18.7. The molecule has 31 heavy (non-hydrogen) atoms. The van der Waals surface area contributed by atoms with Crippen LogP contribution in [0.3, 0.4) is 0 Å². The normalized spacial score (nSPS) is 14.7. The molecule has 0 aliphatic carbocycles. The Morgan fingerprint density at radius 2 is 1.77 bits per heavy atom. The van der Waals surface area contributed by atoms with Gasteiger partial charge in [0.2, 0.25) is 5.89 Å². The van der Waals surface area contributed by atoms with Crippen LogP contribution in [0.4, 0.5) is 18.9 Å². The lowest BCUT2D eigenvalue weighted by molar-refractivity contribution is -0.136. The van der Waals surface area contributed by atoms with E-state index in [9.17, 15) is 18.0 Å². The Labute approximate surface area is 180 Å². The van der Waals surface area contributed by atoms with E-state index in [0.29, 0.717) is 11.0 Å². The molecule has 2 aromatic heterocycles. The van der Waals surface area contributed by atoms with E-state index in [4.69, 9.17) is 8.83 Å². The van der Waals surface area contributed by atoms with Crippen LogP contribution >= 0.6 is 12.4 Å². The Morgan fingerprint density at radius 1 is 1.00 bits per heavy atom. The smallest absolute Gasteiger partial charge is 0.418 e. The van der Waals surface area contributed by atoms with E-state index in [1.807, 2.05) is 12.1 Å². The van der Waals surface area contributed by atoms with Gasteiger partial charge in [-0.05, 0) is 30.3 Å². The van der Waals surface area contributed by atoms with Gasteiger partial charge in [-0.1, -0.05) is 6.07 Å². The van der Waals surface area contributed by atoms with Crippen molar-refractivity contribution >= 4 is 40.2 Å². The van der Waals surface area contributed by atoms with Crippen molar-refractivity contribution in [2.45, 2.75) is 6.18 Å². The minimum Gasteiger partial charge on any atom is -0.436 e. The van der Waals surface area contributed by atoms with E-state index in [-0.39, 0.29) is 35.0 Å². The predicted molar refractivity (Wildman–Crippen MR) is 113 cm³/mol. The third-order valence-corrected chi connectivity index (χ3v) is 5.16. The number of alkyl halides is 3. The Bertz CT molecular complexity index is 1310. The minimum absolute atomic E-state index is 0. The van der Waals surface area contributed by atoms with Gasteiger partial charge in [0.1, 0.15) is 16.7 Å². The van der Waals surface area contributed by atoms with Gasteiger partial charge in [0.05, 0.1) is 5.56 Å². The highest BCUT2D eigenvalue weighted by Crippen LogP contribution is 2.36. The third kappa shape index (κ3) is 3.86. The fourth-order valence-corrected chi connectivity index (χ4v) is 3.66. The van der Waals surface area contributed by atoms with Crippen LogP contribution in [-0.4, -0.2) is 31.2 Å². The van der Waals surface area contributed by atoms with Crippen molar-refractivity contribution in [3.05, 3.63) is 58.4 Å². The van der Waals surface area contributed by atoms with Crippen molar-refractivity contribution in [1.82, 2.24) is 10.3 Å². The average molecular weight is 452 g/mol. The molecule has 1 saturated heterocycles. The van der Waals surface area contributed by atoms with Gasteiger partial charge in [-0.3, -0.25) is 0 Å². The van der Waals surface area contributed by atoms with Gasteiger partial charge in [0, 0.05) is 43.3 Å². The number of para-hydroxylation sites is 1. The number of oxazole rings is 1. The van der Waals surface area contributed by atoms with Gasteiger partial charge in [0.25, 0.3) is 0 Å². The summed E-state index contributed by atoms with van der Waals surface area (Å²) in [5, 5.41) is 3.90. The number of nitrogens with one attached hydrogen (secondary N) is 1. The largest absolute Gasteiger partial charge is 0.436 e. The molecule has 0 unspecified atom stereocenters. The first-order chi connectivity index (χ1) is 14.4. The molecule has 0 saturated carbocycles. The van der Waals surface area contributed by atoms with E-state index in [1.165, 1.54) is 18.2 Å². The van der Waals surface area contributed by atoms with Crippen LogP contribution in [-0.2, 0) is 6.18 Å². The molecule has 1 fully saturated rings. The van der Waals surface area contributed by atoms with E-state index in [0.717, 1.165) is 37.9 Å². The van der Waals surface area contributed by atoms with Crippen molar-refractivity contribution in [3.8, 4) is 11.5 Å². The second-order valence-corrected chi connectivity index (χ2v) is 7.08. The molecule has 1 aliphatic rings. The molecular weight excluding hydrogens is 435 g/mol. The van der Waals surface area contributed by atoms with Crippen molar-refractivity contribution in [3.63, 3.8) is 0 Å². The zero-order valence-electron chi connectivity index (χ0n) is 16.0. The van der Waals surface area contributed by atoms with E-state index in [2.05, 4.69) is 15.2 Å². The fraction of sp³-hybridized carbons (Fsp3) is 0.238. The predicted octanol–water partition coefficient (Wildman–Crippen LogP) is 4.45. The van der Waals surface area contributed by atoms with Crippen molar-refractivity contribution in [2.75, 3.05) is 31.1 Å². The number of anilines is 1. The zero-order valence-corrected chi connectivity index (χ0v) is 16.8. The van der Waals surface area contributed by atoms with Gasteiger partial charge in [-0.15, -0.1) is 12.4 Å². The number of nitrogens with zero attached hydrogens (tertiary/aromatic N) is 2. The van der Waals surface area contributed by atoms with Gasteiger partial charge >= 0.3 is 11.8 Å². The molecule has 5 rings (SSSR count). The average Bonchev–Trinajstić information content (AvgIpc) is 3.16. The van der Waals surface area contributed by atoms with Gasteiger partial charge < -0.3 is 19.1 Å². The Balaban J connectivity index is 0.00000231. The van der Waals surface area contributed by atoms with Gasteiger partial charge in [-0.2, -0.15) is 13.2 Å². The first kappa shape index (κ1) is 21.2. The lowest BCUT2D eigenvalue weighted by Crippen LogP contribution is -2.43. The molecule has 1 N–H and O–H groups in total. The van der Waals surface area contributed by atoms with Crippen LogP contribution in [0.1, 0.15) is 5.56 Å². The summed E-state index contributed by atoms with van der Waals surface area (Å²) in [5.41, 5.74) is -0.715. The van der Waals surface area contributed by atoms with Crippen LogP contribution in [0.25, 0.3) is 33.5 Å². The van der Waals surface area contributed by atoms with Crippen LogP contribution in [0, 0.1) is 0 Å². The number of hydrogen-bond acceptors (Lipinski definition) is 6. The quantitative estimate of drug-likeness (QED) is 0.454. The summed E-state index contributed by atoms with van der Waals surface area (Å²) in [7, 11) is 0. The molecule has 3 heterocycles. The summed E-state index contributed by atoms with van der Waals surface area (Å²) in [6.07, 6.45) is -4.58. The number of aromatic nitrogens is 1. The standard InChI is InChI=1S/C21H16F3N3O3.ClH/c22-21(23,24)15-2-1-3-16-18(15)26-19(29-16)14-10-12-4-5-13(11-17(12)30-20(14)28)27-8-6-25-7-9-27;/h1-5,10-11,25H,6-9H2;1H. The molecule has 6 nitrogen and oxygen atoms in total. The molecule has 0 bridgehead atoms. The molecule has 0 amide bonds. The monoisotopic (exact) mass is 451 g/mol. The SMILES string of the molecule is Cl.O=c1oc2cc(N3CCNCC3)ccc2cc1-c1nc2c(C(F)(F)F)cccc2o1. The van der Waals surface area contributed by atoms with Crippen LogP contribution in [0.5, 0.6) is 0 Å². The Hall–Kier alpha value is -3.04. The number of halogens is 4. The maximum atomic E-state index is 13.2. The molecule has 1 aliphatic heterocycles. The van der Waals surface area contributed by atoms with E-state index < -0.39 is 17.4 Å². The van der Waals surface area contributed by atoms with Crippen LogP contribution in [0.2, 0.25) is 0 Å². The summed E-state index contributed by atoms with van der Waals surface area (Å²) >= 11 is 0. The first-order valence-corrected chi connectivity index (χ1v) is 9.41. The van der Waals surface area contributed by atoms with E-state index >= 15 is 0 Å². The maximum Gasteiger partial charge on any atom is 0.418 e. The zero-order chi connectivity index (χ0) is 20.9. The lowest BCUT2D eigenvalue weighted by Gasteiger charge is -2.29. The van der Waals surface area contributed by atoms with Gasteiger partial charge in [0.15, 0.2) is 5.58 Å². The van der Waals surface area contributed by atoms with Crippen LogP contribution < -0.4 is 15.8 Å². The Morgan fingerprint density at radius 3 is 2.52 bits per heavy atom. The Kier molecular flexibility index (Phi) is 5.40. The molecule has 4 aromatic rings. The number of rotatable bonds is 2. The molecule has 0 atom stereocenters. The van der Waals surface area contributed by atoms with Crippen LogP contribution in [0.15, 0.2) is 56.1 Å². The second-order valence-electron chi connectivity index (χ2n) is 7.08. The highest BCUT2D eigenvalue weighted by molar-refractivity contribution is 5.86. The molecule has 0 radical (unpaired) electrons. The summed E-state index contributed by atoms with van der Waals surface area (Å²) in [5.74, 6) is -0.205.